The standard InChI is InChI=1S/C51H61N9O7/c52-47(63)45-46(34-11-16-38(17-12-34)67-37-6-2-1-3-7-37)55-60-41(21-24-53-48(45)60)33-22-25-58(26-23-33)44(62)8-4-5-32-9-13-35(14-10-32)56-27-29-57(30-28-56)36-15-18-39-40(31-36)51(66)59(50(39)65)42-19-20-43(61)54-49(42)64/h2,6-7,11-12,15-18,31-33,35,41-42,53H,1,3-5,8-10,13-14,19-30H2,(H2,52,63)(H,54,61,64)/t32?,35?,41-,42?/m0/s1. The molecule has 4 N–H and O–H groups in total. The van der Waals surface area contributed by atoms with E-state index in [0.29, 0.717) is 52.5 Å². The van der Waals surface area contributed by atoms with Crippen molar-refractivity contribution < 1.29 is 33.5 Å². The van der Waals surface area contributed by atoms with Crippen LogP contribution in [0.25, 0.3) is 11.3 Å². The summed E-state index contributed by atoms with van der Waals surface area (Å²) in [5.41, 5.74) is 9.28. The number of piperazine rings is 1. The van der Waals surface area contributed by atoms with Crippen molar-refractivity contribution in [3.63, 3.8) is 0 Å². The van der Waals surface area contributed by atoms with Gasteiger partial charge in [0.25, 0.3) is 17.7 Å². The van der Waals surface area contributed by atoms with E-state index in [2.05, 4.69) is 37.5 Å². The van der Waals surface area contributed by atoms with E-state index in [4.69, 9.17) is 15.6 Å². The Hall–Kier alpha value is -6.29. The topological polar surface area (TPSA) is 193 Å². The number of nitrogens with two attached hydrogens (primary N) is 1. The molecule has 0 bridgehead atoms. The zero-order valence-corrected chi connectivity index (χ0v) is 38.1. The summed E-state index contributed by atoms with van der Waals surface area (Å²) in [5.74, 6) is 0.992. The predicted octanol–water partition coefficient (Wildman–Crippen LogP) is 5.81. The molecule has 1 saturated carbocycles. The van der Waals surface area contributed by atoms with Gasteiger partial charge in [0.1, 0.15) is 34.6 Å². The van der Waals surface area contributed by atoms with Crippen LogP contribution < -0.4 is 26.0 Å². The molecular formula is C51H61N9O7. The number of nitrogens with zero attached hydrogens (tertiary/aromatic N) is 6. The van der Waals surface area contributed by atoms with Crippen LogP contribution in [0.4, 0.5) is 11.5 Å². The SMILES string of the molecule is NC(=O)c1c(-c2ccc(OC3=CCCC=C3)cc2)nn2c1NCC[C@H]2C1CCN(C(=O)CCCC2CCC(N3CCN(c4ccc5c(c4)C(=O)N(C4CCC(=O)NC4=O)C5=O)CC3)CC2)CC1. The maximum Gasteiger partial charge on any atom is 0.262 e. The molecule has 2 atom stereocenters. The Labute approximate surface area is 390 Å². The second-order valence-electron chi connectivity index (χ2n) is 19.4. The molecule has 1 unspecified atom stereocenters. The van der Waals surface area contributed by atoms with Gasteiger partial charge in [-0.15, -0.1) is 0 Å². The van der Waals surface area contributed by atoms with Crippen LogP contribution in [0.3, 0.4) is 0 Å². The number of benzene rings is 2. The largest absolute Gasteiger partial charge is 0.458 e. The van der Waals surface area contributed by atoms with Gasteiger partial charge >= 0.3 is 0 Å². The molecule has 2 aromatic carbocycles. The van der Waals surface area contributed by atoms with Gasteiger partial charge in [-0.1, -0.05) is 6.08 Å². The van der Waals surface area contributed by atoms with Crippen molar-refractivity contribution in [3.05, 3.63) is 83.1 Å². The van der Waals surface area contributed by atoms with Crippen LogP contribution in [0.15, 0.2) is 66.5 Å². The highest BCUT2D eigenvalue weighted by atomic mass is 16.5. The molecule has 67 heavy (non-hydrogen) atoms. The number of ether oxygens (including phenoxy) is 1. The number of imide groups is 2. The maximum atomic E-state index is 13.5. The quantitative estimate of drug-likeness (QED) is 0.186. The molecule has 1 aromatic heterocycles. The predicted molar refractivity (Wildman–Crippen MR) is 251 cm³/mol. The second-order valence-corrected chi connectivity index (χ2v) is 19.4. The third kappa shape index (κ3) is 9.11. The van der Waals surface area contributed by atoms with Crippen molar-refractivity contribution in [1.82, 2.24) is 29.8 Å². The molecule has 5 aliphatic heterocycles. The van der Waals surface area contributed by atoms with Crippen molar-refractivity contribution in [2.45, 2.75) is 108 Å². The van der Waals surface area contributed by atoms with Crippen molar-refractivity contribution >= 4 is 46.9 Å². The highest BCUT2D eigenvalue weighted by Crippen LogP contribution is 2.41. The van der Waals surface area contributed by atoms with E-state index in [1.165, 1.54) is 12.8 Å². The van der Waals surface area contributed by atoms with E-state index >= 15 is 0 Å². The number of rotatable bonds is 12. The number of likely N-dealkylation sites (tertiary alicyclic amines) is 1. The first kappa shape index (κ1) is 44.5. The lowest BCUT2D eigenvalue weighted by atomic mass is 9.82. The number of nitrogens with one attached hydrogen (secondary N) is 2. The smallest absolute Gasteiger partial charge is 0.262 e. The number of carbonyl (C=O) groups is 6. The summed E-state index contributed by atoms with van der Waals surface area (Å²) < 4.78 is 8.02. The molecular weight excluding hydrogens is 851 g/mol. The third-order valence-corrected chi connectivity index (χ3v) is 15.4. The van der Waals surface area contributed by atoms with Gasteiger partial charge in [-0.25, -0.2) is 4.68 Å². The summed E-state index contributed by atoms with van der Waals surface area (Å²) in [7, 11) is 0. The van der Waals surface area contributed by atoms with E-state index in [1.54, 1.807) is 12.1 Å². The van der Waals surface area contributed by atoms with Gasteiger partial charge in [0.2, 0.25) is 17.7 Å². The number of amides is 6. The number of carbonyl (C=O) groups excluding carboxylic acids is 6. The Morgan fingerprint density at radius 3 is 2.30 bits per heavy atom. The average molecular weight is 912 g/mol. The van der Waals surface area contributed by atoms with Gasteiger partial charge in [0.05, 0.1) is 17.2 Å². The van der Waals surface area contributed by atoms with Crippen molar-refractivity contribution in [2.24, 2.45) is 17.6 Å². The summed E-state index contributed by atoms with van der Waals surface area (Å²) in [6.07, 6.45) is 18.3. The minimum atomic E-state index is -0.972. The number of allylic oxidation sites excluding steroid dienone is 3. The number of primary amides is 1. The zero-order valence-electron chi connectivity index (χ0n) is 38.1. The Morgan fingerprint density at radius 2 is 1.58 bits per heavy atom. The average Bonchev–Trinajstić information content (AvgIpc) is 3.87. The van der Waals surface area contributed by atoms with Crippen molar-refractivity contribution in [1.29, 1.82) is 0 Å². The molecule has 7 aliphatic rings. The van der Waals surface area contributed by atoms with Gasteiger partial charge in [0, 0.05) is 75.9 Å². The molecule has 6 amide bonds. The molecule has 352 valence electrons. The summed E-state index contributed by atoms with van der Waals surface area (Å²) in [6.45, 7) is 5.68. The first-order valence-electron chi connectivity index (χ1n) is 24.5. The van der Waals surface area contributed by atoms with E-state index in [-0.39, 0.29) is 30.7 Å². The lowest BCUT2D eigenvalue weighted by molar-refractivity contribution is -0.136. The van der Waals surface area contributed by atoms with Crippen LogP contribution in [0, 0.1) is 11.8 Å². The molecule has 10 rings (SSSR count). The molecule has 2 aliphatic carbocycles. The fourth-order valence-corrected chi connectivity index (χ4v) is 11.7. The minimum Gasteiger partial charge on any atom is -0.458 e. The number of fused-ring (bicyclic) bond motifs is 2. The number of aromatic nitrogens is 2. The Balaban J connectivity index is 0.654. The summed E-state index contributed by atoms with van der Waals surface area (Å²) in [4.78, 5) is 85.0. The zero-order chi connectivity index (χ0) is 46.2. The van der Waals surface area contributed by atoms with Gasteiger partial charge in [-0.3, -0.25) is 43.9 Å². The number of piperidine rings is 2. The Morgan fingerprint density at radius 1 is 0.821 bits per heavy atom. The van der Waals surface area contributed by atoms with E-state index in [0.717, 1.165) is 131 Å². The van der Waals surface area contributed by atoms with Crippen LogP contribution in [-0.4, -0.2) is 118 Å². The molecule has 0 radical (unpaired) electrons. The van der Waals surface area contributed by atoms with E-state index < -0.39 is 29.7 Å². The van der Waals surface area contributed by atoms with Gasteiger partial charge in [-0.05, 0) is 144 Å². The molecule has 0 spiro atoms. The van der Waals surface area contributed by atoms with Gasteiger partial charge in [0.15, 0.2) is 0 Å². The van der Waals surface area contributed by atoms with E-state index in [1.807, 2.05) is 41.1 Å². The van der Waals surface area contributed by atoms with Crippen LogP contribution in [0.1, 0.15) is 127 Å². The third-order valence-electron chi connectivity index (χ3n) is 15.4. The first-order chi connectivity index (χ1) is 32.6. The minimum absolute atomic E-state index is 0.0930. The normalized spacial score (nSPS) is 24.8. The molecule has 3 aromatic rings. The van der Waals surface area contributed by atoms with Crippen LogP contribution in [0.5, 0.6) is 5.75 Å². The second kappa shape index (κ2) is 19.1. The lowest BCUT2D eigenvalue weighted by Crippen LogP contribution is -2.54. The molecule has 4 fully saturated rings. The van der Waals surface area contributed by atoms with Gasteiger partial charge < -0.3 is 25.6 Å². The highest BCUT2D eigenvalue weighted by Gasteiger charge is 2.45. The summed E-state index contributed by atoms with van der Waals surface area (Å²) in [5, 5.41) is 10.7. The van der Waals surface area contributed by atoms with Gasteiger partial charge in [-0.2, -0.15) is 5.10 Å². The Bertz CT molecular complexity index is 2490. The number of anilines is 2. The summed E-state index contributed by atoms with van der Waals surface area (Å²) >= 11 is 0. The Kier molecular flexibility index (Phi) is 12.7. The van der Waals surface area contributed by atoms with Crippen LogP contribution >= 0.6 is 0 Å². The maximum absolute atomic E-state index is 13.5. The fraction of sp³-hybridized carbons (Fsp3) is 0.510. The highest BCUT2D eigenvalue weighted by molar-refractivity contribution is 6.23. The number of hydrogen-bond donors (Lipinski definition) is 3. The van der Waals surface area contributed by atoms with Crippen LogP contribution in [0.2, 0.25) is 0 Å². The molecule has 16 heteroatoms. The van der Waals surface area contributed by atoms with Crippen molar-refractivity contribution in [2.75, 3.05) is 56.0 Å². The monoisotopic (exact) mass is 911 g/mol. The number of hydrogen-bond acceptors (Lipinski definition) is 11. The van der Waals surface area contributed by atoms with E-state index in [9.17, 15) is 28.8 Å². The fourth-order valence-electron chi connectivity index (χ4n) is 11.7. The first-order valence-corrected chi connectivity index (χ1v) is 24.5. The molecule has 16 nitrogen and oxygen atoms in total. The van der Waals surface area contributed by atoms with Crippen LogP contribution in [-0.2, 0) is 14.4 Å². The summed E-state index contributed by atoms with van der Waals surface area (Å²) in [6, 6.07) is 12.7. The van der Waals surface area contributed by atoms with Crippen molar-refractivity contribution in [3.8, 4) is 17.0 Å². The lowest BCUT2D eigenvalue weighted by Gasteiger charge is -2.42. The molecule has 3 saturated heterocycles. The molecule has 6 heterocycles.